The Hall–Kier alpha value is -2.33. The summed E-state index contributed by atoms with van der Waals surface area (Å²) >= 11 is 5.78. The molecule has 4 nitrogen and oxygen atoms in total. The molecule has 0 saturated heterocycles. The molecule has 0 aliphatic rings. The van der Waals surface area contributed by atoms with Gasteiger partial charge in [0.2, 0.25) is 5.91 Å². The molecule has 5 heteroatoms. The number of phenolic OH excluding ortho intramolecular Hbond substituents is 1. The number of carbonyl (C=O) groups excluding carboxylic acids is 2. The van der Waals surface area contributed by atoms with E-state index in [1.807, 2.05) is 0 Å². The van der Waals surface area contributed by atoms with Gasteiger partial charge in [0, 0.05) is 5.02 Å². The second-order valence-electron chi connectivity index (χ2n) is 4.61. The van der Waals surface area contributed by atoms with Crippen LogP contribution in [0.15, 0.2) is 42.5 Å². The first kappa shape index (κ1) is 15.1. The molecule has 2 aromatic carbocycles. The highest BCUT2D eigenvalue weighted by Crippen LogP contribution is 2.27. The molecular formula is C16H14ClNO3. The second kappa shape index (κ2) is 6.41. The molecule has 0 atom stereocenters. The standard InChI is InChI=1S/C16H14ClNO3/c1-10(19)13-3-2-4-14(16(13)21)18-15(20)9-11-5-7-12(17)8-6-11/h2-8,21H,9H2,1H3,(H,18,20). The molecule has 2 N–H and O–H groups in total. The minimum atomic E-state index is -0.284. The quantitative estimate of drug-likeness (QED) is 0.672. The van der Waals surface area contributed by atoms with E-state index >= 15 is 0 Å². The molecule has 0 radical (unpaired) electrons. The lowest BCUT2D eigenvalue weighted by Crippen LogP contribution is -2.14. The van der Waals surface area contributed by atoms with Crippen LogP contribution in [0.4, 0.5) is 5.69 Å². The first-order valence-corrected chi connectivity index (χ1v) is 6.72. The van der Waals surface area contributed by atoms with Crippen LogP contribution in [-0.2, 0) is 11.2 Å². The maximum atomic E-state index is 12.0. The monoisotopic (exact) mass is 303 g/mol. The molecule has 0 bridgehead atoms. The van der Waals surface area contributed by atoms with Gasteiger partial charge in [0.25, 0.3) is 0 Å². The summed E-state index contributed by atoms with van der Waals surface area (Å²) in [6.07, 6.45) is 0.154. The van der Waals surface area contributed by atoms with E-state index in [9.17, 15) is 14.7 Å². The minimum Gasteiger partial charge on any atom is -0.505 e. The van der Waals surface area contributed by atoms with Crippen molar-refractivity contribution in [3.63, 3.8) is 0 Å². The molecule has 0 fully saturated rings. The average molecular weight is 304 g/mol. The van der Waals surface area contributed by atoms with Gasteiger partial charge in [-0.05, 0) is 36.8 Å². The molecule has 2 rings (SSSR count). The van der Waals surface area contributed by atoms with E-state index < -0.39 is 0 Å². The minimum absolute atomic E-state index is 0.154. The van der Waals surface area contributed by atoms with Crippen molar-refractivity contribution in [1.82, 2.24) is 0 Å². The van der Waals surface area contributed by atoms with Crippen molar-refractivity contribution < 1.29 is 14.7 Å². The average Bonchev–Trinajstić information content (AvgIpc) is 2.43. The van der Waals surface area contributed by atoms with Crippen LogP contribution in [0, 0.1) is 0 Å². The Morgan fingerprint density at radius 3 is 2.43 bits per heavy atom. The number of hydrogen-bond donors (Lipinski definition) is 2. The van der Waals surface area contributed by atoms with E-state index in [-0.39, 0.29) is 35.1 Å². The van der Waals surface area contributed by atoms with Crippen LogP contribution < -0.4 is 5.32 Å². The van der Waals surface area contributed by atoms with E-state index in [1.54, 1.807) is 36.4 Å². The van der Waals surface area contributed by atoms with Gasteiger partial charge in [-0.15, -0.1) is 0 Å². The highest BCUT2D eigenvalue weighted by Gasteiger charge is 2.12. The molecule has 0 aromatic heterocycles. The predicted octanol–water partition coefficient (Wildman–Crippen LogP) is 3.43. The maximum absolute atomic E-state index is 12.0. The van der Waals surface area contributed by atoms with Crippen LogP contribution in [0.25, 0.3) is 0 Å². The van der Waals surface area contributed by atoms with Crippen LogP contribution in [0.2, 0.25) is 5.02 Å². The van der Waals surface area contributed by atoms with E-state index in [1.165, 1.54) is 13.0 Å². The number of para-hydroxylation sites is 1. The Morgan fingerprint density at radius 1 is 1.14 bits per heavy atom. The highest BCUT2D eigenvalue weighted by atomic mass is 35.5. The van der Waals surface area contributed by atoms with Crippen molar-refractivity contribution in [2.75, 3.05) is 5.32 Å². The molecule has 0 aliphatic heterocycles. The summed E-state index contributed by atoms with van der Waals surface area (Å²) in [7, 11) is 0. The van der Waals surface area contributed by atoms with Gasteiger partial charge in [-0.1, -0.05) is 29.8 Å². The smallest absolute Gasteiger partial charge is 0.228 e. The number of carbonyl (C=O) groups is 2. The second-order valence-corrected chi connectivity index (χ2v) is 5.05. The van der Waals surface area contributed by atoms with Gasteiger partial charge in [-0.3, -0.25) is 9.59 Å². The summed E-state index contributed by atoms with van der Waals surface area (Å²) in [5, 5.41) is 13.2. The van der Waals surface area contributed by atoms with E-state index in [0.29, 0.717) is 5.02 Å². The van der Waals surface area contributed by atoms with E-state index in [4.69, 9.17) is 11.6 Å². The first-order valence-electron chi connectivity index (χ1n) is 6.34. The molecule has 0 saturated carbocycles. The Balaban J connectivity index is 2.11. The van der Waals surface area contributed by atoms with Crippen molar-refractivity contribution in [1.29, 1.82) is 0 Å². The normalized spacial score (nSPS) is 10.2. The van der Waals surface area contributed by atoms with Crippen LogP contribution in [0.3, 0.4) is 0 Å². The summed E-state index contributed by atoms with van der Waals surface area (Å²) < 4.78 is 0. The number of benzene rings is 2. The van der Waals surface area contributed by atoms with E-state index in [0.717, 1.165) is 5.56 Å². The van der Waals surface area contributed by atoms with Gasteiger partial charge in [-0.2, -0.15) is 0 Å². The molecule has 21 heavy (non-hydrogen) atoms. The van der Waals surface area contributed by atoms with Crippen LogP contribution in [-0.4, -0.2) is 16.8 Å². The third kappa shape index (κ3) is 3.83. The predicted molar refractivity (Wildman–Crippen MR) is 81.9 cm³/mol. The number of nitrogens with one attached hydrogen (secondary N) is 1. The SMILES string of the molecule is CC(=O)c1cccc(NC(=O)Cc2ccc(Cl)cc2)c1O. The molecule has 2 aromatic rings. The Kier molecular flexibility index (Phi) is 4.60. The molecule has 1 amide bonds. The van der Waals surface area contributed by atoms with Gasteiger partial charge in [0.05, 0.1) is 17.7 Å². The summed E-state index contributed by atoms with van der Waals surface area (Å²) in [6, 6.07) is 11.6. The van der Waals surface area contributed by atoms with Gasteiger partial charge >= 0.3 is 0 Å². The van der Waals surface area contributed by atoms with Gasteiger partial charge in [0.1, 0.15) is 5.75 Å². The Labute approximate surface area is 127 Å². The number of phenols is 1. The number of aromatic hydroxyl groups is 1. The fourth-order valence-electron chi connectivity index (χ4n) is 1.91. The lowest BCUT2D eigenvalue weighted by molar-refractivity contribution is -0.115. The number of amides is 1. The number of ketones is 1. The van der Waals surface area contributed by atoms with Gasteiger partial charge in [0.15, 0.2) is 5.78 Å². The highest BCUT2D eigenvalue weighted by molar-refractivity contribution is 6.30. The third-order valence-corrected chi connectivity index (χ3v) is 3.22. The zero-order valence-electron chi connectivity index (χ0n) is 11.4. The van der Waals surface area contributed by atoms with Crippen molar-refractivity contribution in [3.8, 4) is 5.75 Å². The topological polar surface area (TPSA) is 66.4 Å². The zero-order valence-corrected chi connectivity index (χ0v) is 12.1. The summed E-state index contributed by atoms with van der Waals surface area (Å²) in [5.74, 6) is -0.760. The van der Waals surface area contributed by atoms with Gasteiger partial charge < -0.3 is 10.4 Å². The molecule has 0 unspecified atom stereocenters. The maximum Gasteiger partial charge on any atom is 0.228 e. The lowest BCUT2D eigenvalue weighted by Gasteiger charge is -2.09. The van der Waals surface area contributed by atoms with E-state index in [2.05, 4.69) is 5.32 Å². The number of anilines is 1. The van der Waals surface area contributed by atoms with Crippen molar-refractivity contribution >= 4 is 29.0 Å². The fraction of sp³-hybridized carbons (Fsp3) is 0.125. The van der Waals surface area contributed by atoms with Crippen LogP contribution in [0.1, 0.15) is 22.8 Å². The van der Waals surface area contributed by atoms with Crippen LogP contribution in [0.5, 0.6) is 5.75 Å². The fourth-order valence-corrected chi connectivity index (χ4v) is 2.04. The number of Topliss-reactive ketones (excluding diaryl/α,β-unsaturated/α-hetero) is 1. The van der Waals surface area contributed by atoms with Crippen LogP contribution >= 0.6 is 11.6 Å². The number of hydrogen-bond acceptors (Lipinski definition) is 3. The van der Waals surface area contributed by atoms with Gasteiger partial charge in [-0.25, -0.2) is 0 Å². The lowest BCUT2D eigenvalue weighted by atomic mass is 10.1. The molecule has 108 valence electrons. The Bertz CT molecular complexity index is 680. The first-order chi connectivity index (χ1) is 9.97. The summed E-state index contributed by atoms with van der Waals surface area (Å²) in [4.78, 5) is 23.3. The summed E-state index contributed by atoms with van der Waals surface area (Å²) in [5.41, 5.74) is 1.21. The van der Waals surface area contributed by atoms with Crippen molar-refractivity contribution in [3.05, 3.63) is 58.6 Å². The zero-order chi connectivity index (χ0) is 15.4. The molecule has 0 aliphatic carbocycles. The molecule has 0 spiro atoms. The molecular weight excluding hydrogens is 290 g/mol. The van der Waals surface area contributed by atoms with Crippen molar-refractivity contribution in [2.45, 2.75) is 13.3 Å². The van der Waals surface area contributed by atoms with Crippen molar-refractivity contribution in [2.24, 2.45) is 0 Å². The number of halogens is 1. The Morgan fingerprint density at radius 2 is 1.81 bits per heavy atom. The molecule has 0 heterocycles. The third-order valence-electron chi connectivity index (χ3n) is 2.97. The largest absolute Gasteiger partial charge is 0.505 e. The summed E-state index contributed by atoms with van der Waals surface area (Å²) in [6.45, 7) is 1.36. The number of rotatable bonds is 4.